The summed E-state index contributed by atoms with van der Waals surface area (Å²) in [6.45, 7) is 7.34. The van der Waals surface area contributed by atoms with Crippen molar-refractivity contribution in [2.45, 2.75) is 26.3 Å². The fourth-order valence-electron chi connectivity index (χ4n) is 2.41. The van der Waals surface area contributed by atoms with Crippen LogP contribution >= 0.6 is 0 Å². The molecular weight excluding hydrogens is 231 g/mol. The molecule has 1 aromatic rings. The van der Waals surface area contributed by atoms with Crippen molar-refractivity contribution >= 4 is 5.69 Å². The van der Waals surface area contributed by atoms with Crippen molar-refractivity contribution in [3.8, 4) is 5.75 Å². The summed E-state index contributed by atoms with van der Waals surface area (Å²) in [5, 5.41) is 3.37. The Labute approximate surface area is 108 Å². The van der Waals surface area contributed by atoms with E-state index in [0.29, 0.717) is 18.4 Å². The van der Waals surface area contributed by atoms with E-state index in [9.17, 15) is 4.39 Å². The Morgan fingerprint density at radius 3 is 2.94 bits per heavy atom. The molecule has 18 heavy (non-hydrogen) atoms. The molecule has 0 saturated carbocycles. The van der Waals surface area contributed by atoms with Gasteiger partial charge in [-0.15, -0.1) is 0 Å². The van der Waals surface area contributed by atoms with Crippen molar-refractivity contribution in [3.63, 3.8) is 0 Å². The summed E-state index contributed by atoms with van der Waals surface area (Å²) in [5.41, 5.74) is 0.948. The highest BCUT2D eigenvalue weighted by molar-refractivity contribution is 5.51. The van der Waals surface area contributed by atoms with Gasteiger partial charge in [-0.05, 0) is 25.5 Å². The minimum absolute atomic E-state index is 0.275. The van der Waals surface area contributed by atoms with E-state index in [4.69, 9.17) is 4.74 Å². The van der Waals surface area contributed by atoms with Crippen LogP contribution in [0.15, 0.2) is 18.2 Å². The van der Waals surface area contributed by atoms with Gasteiger partial charge in [0.1, 0.15) is 0 Å². The van der Waals surface area contributed by atoms with Crippen molar-refractivity contribution in [1.29, 1.82) is 0 Å². The number of hydrogen-bond donors (Lipinski definition) is 1. The van der Waals surface area contributed by atoms with Gasteiger partial charge in [0.25, 0.3) is 0 Å². The molecule has 0 radical (unpaired) electrons. The third-order valence-corrected chi connectivity index (χ3v) is 3.37. The van der Waals surface area contributed by atoms with E-state index in [1.165, 1.54) is 0 Å². The summed E-state index contributed by atoms with van der Waals surface area (Å²) in [6.07, 6.45) is 1.06. The molecular formula is C14H21FN2O. The van der Waals surface area contributed by atoms with E-state index >= 15 is 0 Å². The van der Waals surface area contributed by atoms with Gasteiger partial charge in [-0.1, -0.05) is 6.92 Å². The van der Waals surface area contributed by atoms with Gasteiger partial charge in [-0.25, -0.2) is 4.39 Å². The van der Waals surface area contributed by atoms with Gasteiger partial charge >= 0.3 is 0 Å². The van der Waals surface area contributed by atoms with Crippen LogP contribution in [0.5, 0.6) is 5.75 Å². The maximum atomic E-state index is 13.9. The van der Waals surface area contributed by atoms with Crippen molar-refractivity contribution in [2.75, 3.05) is 31.1 Å². The Bertz CT molecular complexity index is 397. The van der Waals surface area contributed by atoms with E-state index < -0.39 is 0 Å². The summed E-state index contributed by atoms with van der Waals surface area (Å²) in [5.74, 6) is 0.0622. The van der Waals surface area contributed by atoms with Crippen molar-refractivity contribution < 1.29 is 9.13 Å². The van der Waals surface area contributed by atoms with Crippen LogP contribution in [0, 0.1) is 5.82 Å². The molecule has 2 rings (SSSR count). The molecule has 1 aliphatic heterocycles. The molecule has 100 valence electrons. The highest BCUT2D eigenvalue weighted by Gasteiger charge is 2.21. The molecule has 1 N–H and O–H groups in total. The van der Waals surface area contributed by atoms with Crippen molar-refractivity contribution in [3.05, 3.63) is 24.0 Å². The Hall–Kier alpha value is -1.29. The summed E-state index contributed by atoms with van der Waals surface area (Å²) in [7, 11) is 0. The minimum atomic E-state index is -0.275. The second-order valence-corrected chi connectivity index (χ2v) is 4.51. The highest BCUT2D eigenvalue weighted by atomic mass is 19.1. The average Bonchev–Trinajstić information content (AvgIpc) is 2.41. The molecule has 1 aromatic carbocycles. The van der Waals surface area contributed by atoms with Crippen LogP contribution in [0.3, 0.4) is 0 Å². The molecule has 3 nitrogen and oxygen atoms in total. The normalized spacial score (nSPS) is 19.9. The first-order chi connectivity index (χ1) is 8.76. The molecule has 1 fully saturated rings. The topological polar surface area (TPSA) is 24.5 Å². The van der Waals surface area contributed by atoms with Crippen LogP contribution in [0.25, 0.3) is 0 Å². The van der Waals surface area contributed by atoms with Gasteiger partial charge in [-0.2, -0.15) is 0 Å². The van der Waals surface area contributed by atoms with E-state index in [2.05, 4.69) is 17.1 Å². The Morgan fingerprint density at radius 1 is 1.44 bits per heavy atom. The first kappa shape index (κ1) is 13.1. The smallest absolute Gasteiger partial charge is 0.167 e. The van der Waals surface area contributed by atoms with Gasteiger partial charge in [0.05, 0.1) is 6.61 Å². The second-order valence-electron chi connectivity index (χ2n) is 4.51. The molecule has 4 heteroatoms. The van der Waals surface area contributed by atoms with Crippen LogP contribution in [0.1, 0.15) is 20.3 Å². The number of anilines is 1. The quantitative estimate of drug-likeness (QED) is 0.890. The zero-order chi connectivity index (χ0) is 13.0. The van der Waals surface area contributed by atoms with Gasteiger partial charge in [0, 0.05) is 37.4 Å². The molecule has 0 spiro atoms. The van der Waals surface area contributed by atoms with Gasteiger partial charge in [-0.3, -0.25) is 0 Å². The maximum Gasteiger partial charge on any atom is 0.167 e. The zero-order valence-corrected chi connectivity index (χ0v) is 11.1. The molecule has 1 heterocycles. The fraction of sp³-hybridized carbons (Fsp3) is 0.571. The SMILES string of the molecule is CCOc1ccc(N2CCNCC2CC)cc1F. The molecule has 0 amide bonds. The van der Waals surface area contributed by atoms with E-state index in [-0.39, 0.29) is 5.82 Å². The lowest BCUT2D eigenvalue weighted by Crippen LogP contribution is -2.51. The van der Waals surface area contributed by atoms with Gasteiger partial charge < -0.3 is 15.0 Å². The van der Waals surface area contributed by atoms with Gasteiger partial charge in [0.15, 0.2) is 11.6 Å². The van der Waals surface area contributed by atoms with Crippen molar-refractivity contribution in [1.82, 2.24) is 5.32 Å². The number of benzene rings is 1. The standard InChI is InChI=1S/C14H21FN2O/c1-3-11-10-16-7-8-17(11)12-5-6-14(18-4-2)13(15)9-12/h5-6,9,11,16H,3-4,7-8,10H2,1-2H3. The Morgan fingerprint density at radius 2 is 2.28 bits per heavy atom. The maximum absolute atomic E-state index is 13.9. The molecule has 0 bridgehead atoms. The number of halogens is 1. The number of hydrogen-bond acceptors (Lipinski definition) is 3. The Balaban J connectivity index is 2.19. The largest absolute Gasteiger partial charge is 0.491 e. The third-order valence-electron chi connectivity index (χ3n) is 3.37. The lowest BCUT2D eigenvalue weighted by atomic mass is 10.1. The molecule has 0 aliphatic carbocycles. The third kappa shape index (κ3) is 2.75. The summed E-state index contributed by atoms with van der Waals surface area (Å²) in [6, 6.07) is 5.69. The van der Waals surface area contributed by atoms with Crippen LogP contribution < -0.4 is 15.0 Å². The predicted octanol–water partition coefficient (Wildman–Crippen LogP) is 2.41. The van der Waals surface area contributed by atoms with E-state index in [1.54, 1.807) is 12.1 Å². The zero-order valence-electron chi connectivity index (χ0n) is 11.1. The minimum Gasteiger partial charge on any atom is -0.491 e. The summed E-state index contributed by atoms with van der Waals surface area (Å²) >= 11 is 0. The van der Waals surface area contributed by atoms with Crippen LogP contribution in [-0.4, -0.2) is 32.3 Å². The number of rotatable bonds is 4. The average molecular weight is 252 g/mol. The molecule has 1 saturated heterocycles. The first-order valence-corrected chi connectivity index (χ1v) is 6.66. The van der Waals surface area contributed by atoms with Crippen LogP contribution in [0.2, 0.25) is 0 Å². The first-order valence-electron chi connectivity index (χ1n) is 6.66. The second kappa shape index (κ2) is 6.05. The summed E-state index contributed by atoms with van der Waals surface area (Å²) < 4.78 is 19.1. The van der Waals surface area contributed by atoms with Crippen molar-refractivity contribution in [2.24, 2.45) is 0 Å². The van der Waals surface area contributed by atoms with Gasteiger partial charge in [0.2, 0.25) is 0 Å². The van der Waals surface area contributed by atoms with E-state index in [0.717, 1.165) is 31.7 Å². The predicted molar refractivity (Wildman–Crippen MR) is 71.9 cm³/mol. The molecule has 0 aromatic heterocycles. The Kier molecular flexibility index (Phi) is 4.42. The molecule has 1 aliphatic rings. The molecule has 1 unspecified atom stereocenters. The molecule has 1 atom stereocenters. The highest BCUT2D eigenvalue weighted by Crippen LogP contribution is 2.26. The number of nitrogens with one attached hydrogen (secondary N) is 1. The van der Waals surface area contributed by atoms with Crippen LogP contribution in [-0.2, 0) is 0 Å². The lowest BCUT2D eigenvalue weighted by molar-refractivity contribution is 0.321. The fourth-order valence-corrected chi connectivity index (χ4v) is 2.41. The van der Waals surface area contributed by atoms with Crippen LogP contribution in [0.4, 0.5) is 10.1 Å². The number of nitrogens with zero attached hydrogens (tertiary/aromatic N) is 1. The number of piperazine rings is 1. The monoisotopic (exact) mass is 252 g/mol. The number of ether oxygens (including phenoxy) is 1. The lowest BCUT2D eigenvalue weighted by Gasteiger charge is -2.37. The van der Waals surface area contributed by atoms with E-state index in [1.807, 2.05) is 13.0 Å². The summed E-state index contributed by atoms with van der Waals surface area (Å²) in [4.78, 5) is 2.27.